The fourth-order valence-electron chi connectivity index (χ4n) is 1.78. The van der Waals surface area contributed by atoms with Gasteiger partial charge in [-0.25, -0.2) is 0 Å². The van der Waals surface area contributed by atoms with Crippen molar-refractivity contribution in [1.82, 2.24) is 9.78 Å². The summed E-state index contributed by atoms with van der Waals surface area (Å²) in [6.07, 6.45) is 1.68. The van der Waals surface area contributed by atoms with E-state index in [1.807, 2.05) is 0 Å². The number of carbonyl (C=O) groups excluding carboxylic acids is 1. The number of benzene rings is 1. The van der Waals surface area contributed by atoms with E-state index in [9.17, 15) is 14.9 Å². The summed E-state index contributed by atoms with van der Waals surface area (Å²) in [5, 5.41) is 18.0. The molecular formula is C13H12BrClN4O3. The van der Waals surface area contributed by atoms with Crippen molar-refractivity contribution >= 4 is 44.8 Å². The summed E-state index contributed by atoms with van der Waals surface area (Å²) in [6.45, 7) is 3.45. The van der Waals surface area contributed by atoms with E-state index in [-0.39, 0.29) is 16.4 Å². The number of nitro groups is 1. The van der Waals surface area contributed by atoms with Crippen LogP contribution in [-0.2, 0) is 4.79 Å². The van der Waals surface area contributed by atoms with Crippen molar-refractivity contribution in [3.05, 3.63) is 49.7 Å². The van der Waals surface area contributed by atoms with Crippen LogP contribution in [0.15, 0.2) is 28.9 Å². The summed E-state index contributed by atoms with van der Waals surface area (Å²) in [5.74, 6) is -0.416. The van der Waals surface area contributed by atoms with E-state index < -0.39 is 16.9 Å². The minimum absolute atomic E-state index is 0.0918. The van der Waals surface area contributed by atoms with Crippen LogP contribution in [0.3, 0.4) is 0 Å². The molecule has 1 N–H and O–H groups in total. The van der Waals surface area contributed by atoms with Crippen molar-refractivity contribution in [2.45, 2.75) is 19.9 Å². The normalized spacial score (nSPS) is 12.0. The molecule has 1 heterocycles. The summed E-state index contributed by atoms with van der Waals surface area (Å²) >= 11 is 9.06. The van der Waals surface area contributed by atoms with Gasteiger partial charge in [-0.05, 0) is 41.9 Å². The topological polar surface area (TPSA) is 90.1 Å². The predicted octanol–water partition coefficient (Wildman–Crippen LogP) is 3.72. The number of anilines is 1. The number of hydrogen-bond acceptors (Lipinski definition) is 4. The molecule has 1 atom stereocenters. The molecule has 0 radical (unpaired) electrons. The molecule has 0 saturated heterocycles. The maximum atomic E-state index is 12.3. The highest BCUT2D eigenvalue weighted by Gasteiger charge is 2.21. The fraction of sp³-hybridized carbons (Fsp3) is 0.231. The van der Waals surface area contributed by atoms with Gasteiger partial charge in [0.25, 0.3) is 5.69 Å². The first-order valence-corrected chi connectivity index (χ1v) is 7.42. The zero-order chi connectivity index (χ0) is 16.4. The lowest BCUT2D eigenvalue weighted by atomic mass is 10.2. The molecule has 1 unspecified atom stereocenters. The summed E-state index contributed by atoms with van der Waals surface area (Å²) in [5.41, 5.74) is 0.581. The smallest absolute Gasteiger partial charge is 0.294 e. The second-order valence-corrected chi connectivity index (χ2v) is 5.92. The van der Waals surface area contributed by atoms with Crippen molar-refractivity contribution in [1.29, 1.82) is 0 Å². The average molecular weight is 388 g/mol. The Balaban J connectivity index is 2.23. The summed E-state index contributed by atoms with van der Waals surface area (Å²) in [4.78, 5) is 22.7. The quantitative estimate of drug-likeness (QED) is 0.639. The number of nitro benzene ring substituents is 1. The van der Waals surface area contributed by atoms with Crippen LogP contribution < -0.4 is 5.32 Å². The molecule has 0 saturated carbocycles. The van der Waals surface area contributed by atoms with Gasteiger partial charge in [-0.2, -0.15) is 5.10 Å². The Kier molecular flexibility index (Phi) is 4.82. The predicted molar refractivity (Wildman–Crippen MR) is 86.1 cm³/mol. The number of hydrogen-bond donors (Lipinski definition) is 1. The van der Waals surface area contributed by atoms with Gasteiger partial charge in [0.2, 0.25) is 5.91 Å². The second kappa shape index (κ2) is 6.45. The fourth-order valence-corrected chi connectivity index (χ4v) is 2.23. The Labute approximate surface area is 139 Å². The monoisotopic (exact) mass is 386 g/mol. The summed E-state index contributed by atoms with van der Waals surface area (Å²) < 4.78 is 2.26. The van der Waals surface area contributed by atoms with Crippen LogP contribution in [0.5, 0.6) is 0 Å². The van der Waals surface area contributed by atoms with Crippen LogP contribution in [0.4, 0.5) is 11.4 Å². The molecule has 1 amide bonds. The number of aromatic nitrogens is 2. The Morgan fingerprint density at radius 3 is 2.77 bits per heavy atom. The molecule has 1 aromatic carbocycles. The van der Waals surface area contributed by atoms with Crippen LogP contribution in [0.25, 0.3) is 0 Å². The largest absolute Gasteiger partial charge is 0.319 e. The highest BCUT2D eigenvalue weighted by molar-refractivity contribution is 9.10. The Bertz CT molecular complexity index is 727. The third kappa shape index (κ3) is 3.45. The number of aryl methyl sites for hydroxylation is 1. The van der Waals surface area contributed by atoms with E-state index in [0.717, 1.165) is 10.2 Å². The highest BCUT2D eigenvalue weighted by Crippen LogP contribution is 2.28. The highest BCUT2D eigenvalue weighted by atomic mass is 79.9. The summed E-state index contributed by atoms with van der Waals surface area (Å²) in [6, 6.07) is 3.44. The Morgan fingerprint density at radius 2 is 2.23 bits per heavy atom. The molecule has 0 bridgehead atoms. The SMILES string of the molecule is Cc1nn(C(C)C(=O)Nc2ccc(Cl)cc2[N+](=O)[O-])cc1Br. The maximum absolute atomic E-state index is 12.3. The summed E-state index contributed by atoms with van der Waals surface area (Å²) in [7, 11) is 0. The van der Waals surface area contributed by atoms with Gasteiger partial charge in [0.1, 0.15) is 11.7 Å². The van der Waals surface area contributed by atoms with Gasteiger partial charge in [0, 0.05) is 17.3 Å². The number of nitrogens with one attached hydrogen (secondary N) is 1. The van der Waals surface area contributed by atoms with E-state index in [1.165, 1.54) is 22.9 Å². The number of carbonyl (C=O) groups is 1. The molecule has 9 heteroatoms. The molecule has 0 spiro atoms. The van der Waals surface area contributed by atoms with Crippen LogP contribution in [-0.4, -0.2) is 20.6 Å². The first-order chi connectivity index (χ1) is 10.3. The molecule has 116 valence electrons. The molecule has 2 aromatic rings. The van der Waals surface area contributed by atoms with Gasteiger partial charge < -0.3 is 5.32 Å². The van der Waals surface area contributed by atoms with E-state index in [0.29, 0.717) is 0 Å². The van der Waals surface area contributed by atoms with Gasteiger partial charge in [0.05, 0.1) is 15.1 Å². The van der Waals surface area contributed by atoms with Crippen LogP contribution in [0.2, 0.25) is 5.02 Å². The zero-order valence-electron chi connectivity index (χ0n) is 11.7. The van der Waals surface area contributed by atoms with Gasteiger partial charge >= 0.3 is 0 Å². The number of rotatable bonds is 4. The molecule has 0 aliphatic heterocycles. The number of amides is 1. The van der Waals surface area contributed by atoms with Gasteiger partial charge in [-0.3, -0.25) is 19.6 Å². The molecule has 22 heavy (non-hydrogen) atoms. The van der Waals surface area contributed by atoms with E-state index >= 15 is 0 Å². The third-order valence-corrected chi connectivity index (χ3v) is 4.06. The minimum Gasteiger partial charge on any atom is -0.319 e. The lowest BCUT2D eigenvalue weighted by Crippen LogP contribution is -2.24. The Hall–Kier alpha value is -1.93. The Morgan fingerprint density at radius 1 is 1.55 bits per heavy atom. The molecule has 0 aliphatic rings. The van der Waals surface area contributed by atoms with Crippen molar-refractivity contribution in [2.24, 2.45) is 0 Å². The molecule has 2 rings (SSSR count). The van der Waals surface area contributed by atoms with Gasteiger partial charge in [0.15, 0.2) is 0 Å². The molecule has 7 nitrogen and oxygen atoms in total. The van der Waals surface area contributed by atoms with Crippen molar-refractivity contribution in [2.75, 3.05) is 5.32 Å². The lowest BCUT2D eigenvalue weighted by Gasteiger charge is -2.13. The third-order valence-electron chi connectivity index (χ3n) is 3.05. The standard InChI is InChI=1S/C13H12BrClN4O3/c1-7-10(14)6-18(17-7)8(2)13(20)16-11-4-3-9(15)5-12(11)19(21)22/h3-6,8H,1-2H3,(H,16,20). The molecular weight excluding hydrogens is 376 g/mol. The minimum atomic E-state index is -0.625. The van der Waals surface area contributed by atoms with E-state index in [2.05, 4.69) is 26.3 Å². The van der Waals surface area contributed by atoms with Crippen molar-refractivity contribution in [3.8, 4) is 0 Å². The number of halogens is 2. The molecule has 1 aromatic heterocycles. The molecule has 0 aliphatic carbocycles. The van der Waals surface area contributed by atoms with Crippen LogP contribution in [0, 0.1) is 17.0 Å². The lowest BCUT2D eigenvalue weighted by molar-refractivity contribution is -0.383. The van der Waals surface area contributed by atoms with Crippen LogP contribution in [0.1, 0.15) is 18.7 Å². The van der Waals surface area contributed by atoms with Gasteiger partial charge in [-0.1, -0.05) is 11.6 Å². The van der Waals surface area contributed by atoms with Gasteiger partial charge in [-0.15, -0.1) is 0 Å². The van der Waals surface area contributed by atoms with Crippen molar-refractivity contribution in [3.63, 3.8) is 0 Å². The first-order valence-electron chi connectivity index (χ1n) is 6.25. The second-order valence-electron chi connectivity index (χ2n) is 4.63. The molecule has 0 fully saturated rings. The first kappa shape index (κ1) is 16.4. The van der Waals surface area contributed by atoms with E-state index in [4.69, 9.17) is 11.6 Å². The number of nitrogens with zero attached hydrogens (tertiary/aromatic N) is 3. The zero-order valence-corrected chi connectivity index (χ0v) is 14.1. The van der Waals surface area contributed by atoms with Crippen LogP contribution >= 0.6 is 27.5 Å². The van der Waals surface area contributed by atoms with E-state index in [1.54, 1.807) is 20.0 Å². The van der Waals surface area contributed by atoms with Crippen molar-refractivity contribution < 1.29 is 9.72 Å². The maximum Gasteiger partial charge on any atom is 0.294 e. The average Bonchev–Trinajstić information content (AvgIpc) is 2.79.